The molecule has 1 unspecified atom stereocenters. The molecule has 2 heterocycles. The first kappa shape index (κ1) is 19.7. The van der Waals surface area contributed by atoms with E-state index in [9.17, 15) is 9.59 Å². The van der Waals surface area contributed by atoms with Gasteiger partial charge < -0.3 is 20.4 Å². The van der Waals surface area contributed by atoms with Crippen molar-refractivity contribution in [1.82, 2.24) is 25.3 Å². The van der Waals surface area contributed by atoms with Gasteiger partial charge in [-0.3, -0.25) is 19.3 Å². The molecule has 1 aliphatic heterocycles. The highest BCUT2D eigenvalue weighted by molar-refractivity contribution is 5.98. The van der Waals surface area contributed by atoms with E-state index in [4.69, 9.17) is 0 Å². The maximum atomic E-state index is 12.5. The molecular weight excluding hydrogens is 334 g/mol. The summed E-state index contributed by atoms with van der Waals surface area (Å²) >= 11 is 0. The fourth-order valence-electron chi connectivity index (χ4n) is 2.74. The maximum absolute atomic E-state index is 12.5. The predicted molar refractivity (Wildman–Crippen MR) is 101 cm³/mol. The average molecular weight is 363 g/mol. The Hall–Kier alpha value is -2.58. The summed E-state index contributed by atoms with van der Waals surface area (Å²) < 4.78 is 1.68. The normalized spacial score (nSPS) is 16.6. The summed E-state index contributed by atoms with van der Waals surface area (Å²) in [6, 6.07) is 0.181. The molecule has 0 bridgehead atoms. The number of anilines is 1. The number of carbonyl (C=O) groups is 2. The zero-order valence-corrected chi connectivity index (χ0v) is 16.0. The number of rotatable bonds is 6. The van der Waals surface area contributed by atoms with Crippen molar-refractivity contribution in [2.75, 3.05) is 38.1 Å². The molecule has 2 rings (SSSR count). The largest absolute Gasteiger partial charge is 0.356 e. The van der Waals surface area contributed by atoms with Crippen LogP contribution in [0, 0.1) is 0 Å². The molecule has 2 N–H and O–H groups in total. The van der Waals surface area contributed by atoms with E-state index in [2.05, 4.69) is 20.7 Å². The minimum Gasteiger partial charge on any atom is -0.356 e. The lowest BCUT2D eigenvalue weighted by atomic mass is 10.2. The summed E-state index contributed by atoms with van der Waals surface area (Å²) in [5, 5.41) is 10.2. The van der Waals surface area contributed by atoms with Gasteiger partial charge in [-0.1, -0.05) is 6.92 Å². The van der Waals surface area contributed by atoms with Crippen LogP contribution in [0.3, 0.4) is 0 Å². The number of amides is 2. The van der Waals surface area contributed by atoms with Gasteiger partial charge in [-0.15, -0.1) is 0 Å². The van der Waals surface area contributed by atoms with Crippen LogP contribution >= 0.6 is 0 Å². The van der Waals surface area contributed by atoms with Gasteiger partial charge >= 0.3 is 0 Å². The van der Waals surface area contributed by atoms with Crippen molar-refractivity contribution >= 4 is 23.5 Å². The first-order valence-electron chi connectivity index (χ1n) is 8.98. The van der Waals surface area contributed by atoms with Gasteiger partial charge in [-0.25, -0.2) is 0 Å². The van der Waals surface area contributed by atoms with Gasteiger partial charge in [0.05, 0.1) is 11.9 Å². The smallest absolute Gasteiger partial charge is 0.246 e. The monoisotopic (exact) mass is 363 g/mol. The van der Waals surface area contributed by atoms with Crippen LogP contribution in [0.5, 0.6) is 0 Å². The molecule has 26 heavy (non-hydrogen) atoms. The lowest BCUT2D eigenvalue weighted by molar-refractivity contribution is -0.122. The van der Waals surface area contributed by atoms with Crippen molar-refractivity contribution in [3.8, 4) is 0 Å². The third kappa shape index (κ3) is 5.21. The number of aromatic nitrogens is 2. The van der Waals surface area contributed by atoms with Gasteiger partial charge in [0.25, 0.3) is 0 Å². The molecule has 1 aromatic rings. The van der Waals surface area contributed by atoms with E-state index in [1.54, 1.807) is 22.8 Å². The number of nitrogens with one attached hydrogen (secondary N) is 2. The number of aliphatic imine (C=N–C) groups is 1. The minimum atomic E-state index is 0.00159. The van der Waals surface area contributed by atoms with Crippen LogP contribution in [-0.4, -0.2) is 71.7 Å². The van der Waals surface area contributed by atoms with Gasteiger partial charge in [0.1, 0.15) is 6.54 Å². The van der Waals surface area contributed by atoms with Gasteiger partial charge in [-0.2, -0.15) is 5.10 Å². The van der Waals surface area contributed by atoms with Crippen molar-refractivity contribution in [3.05, 3.63) is 12.4 Å². The molecule has 0 radical (unpaired) electrons. The fraction of sp³-hybridized carbons (Fsp3) is 0.647. The second-order valence-corrected chi connectivity index (χ2v) is 6.44. The molecular formula is C17H29N7O2. The minimum absolute atomic E-state index is 0.00159. The summed E-state index contributed by atoms with van der Waals surface area (Å²) in [6.07, 6.45) is 4.80. The number of hydrogen-bond acceptors (Lipinski definition) is 4. The van der Waals surface area contributed by atoms with Crippen LogP contribution in [0.15, 0.2) is 17.4 Å². The lowest BCUT2D eigenvalue weighted by Crippen LogP contribution is -2.55. The van der Waals surface area contributed by atoms with Crippen molar-refractivity contribution < 1.29 is 9.59 Å². The quantitative estimate of drug-likeness (QED) is 0.546. The highest BCUT2D eigenvalue weighted by Crippen LogP contribution is 2.15. The lowest BCUT2D eigenvalue weighted by Gasteiger charge is -2.35. The summed E-state index contributed by atoms with van der Waals surface area (Å²) in [7, 11) is 3.51. The van der Waals surface area contributed by atoms with Crippen LogP contribution in [0.25, 0.3) is 0 Å². The molecule has 9 heteroatoms. The van der Waals surface area contributed by atoms with E-state index in [1.807, 2.05) is 32.0 Å². The molecule has 1 fully saturated rings. The van der Waals surface area contributed by atoms with E-state index in [0.717, 1.165) is 12.1 Å². The van der Waals surface area contributed by atoms with Crippen LogP contribution < -0.4 is 15.5 Å². The molecule has 1 saturated heterocycles. The number of carbonyl (C=O) groups excluding carboxylic acids is 2. The molecule has 1 atom stereocenters. The fourth-order valence-corrected chi connectivity index (χ4v) is 2.74. The number of piperazine rings is 1. The standard InChI is InChI=1S/C17H29N7O2/c1-5-13(2)21-15(25)6-7-19-17(18-3)23-8-9-24(16(26)12-23)14-10-20-22(4)11-14/h10-11,13H,5-9,12H2,1-4H3,(H,18,19)(H,21,25). The van der Waals surface area contributed by atoms with Gasteiger partial charge in [0, 0.05) is 52.4 Å². The number of hydrogen-bond donors (Lipinski definition) is 2. The molecule has 144 valence electrons. The summed E-state index contributed by atoms with van der Waals surface area (Å²) in [5.41, 5.74) is 0.807. The zero-order chi connectivity index (χ0) is 19.1. The second-order valence-electron chi connectivity index (χ2n) is 6.44. The molecule has 0 aromatic carbocycles. The van der Waals surface area contributed by atoms with Gasteiger partial charge in [0.2, 0.25) is 11.8 Å². The molecule has 1 aromatic heterocycles. The molecule has 1 aliphatic rings. The van der Waals surface area contributed by atoms with Crippen molar-refractivity contribution in [1.29, 1.82) is 0 Å². The van der Waals surface area contributed by atoms with E-state index < -0.39 is 0 Å². The highest BCUT2D eigenvalue weighted by atomic mass is 16.2. The molecule has 2 amide bonds. The average Bonchev–Trinajstić information content (AvgIpc) is 3.04. The number of guanidine groups is 1. The molecule has 0 spiro atoms. The Morgan fingerprint density at radius 1 is 1.42 bits per heavy atom. The zero-order valence-electron chi connectivity index (χ0n) is 16.0. The van der Waals surface area contributed by atoms with E-state index in [1.165, 1.54) is 0 Å². The Labute approximate surface area is 154 Å². The summed E-state index contributed by atoms with van der Waals surface area (Å²) in [6.45, 7) is 5.98. The number of aryl methyl sites for hydroxylation is 1. The Bertz CT molecular complexity index is 655. The Balaban J connectivity index is 1.82. The molecule has 0 aliphatic carbocycles. The maximum Gasteiger partial charge on any atom is 0.246 e. The van der Waals surface area contributed by atoms with E-state index >= 15 is 0 Å². The van der Waals surface area contributed by atoms with Crippen LogP contribution in [0.2, 0.25) is 0 Å². The predicted octanol–water partition coefficient (Wildman–Crippen LogP) is -0.0511. The third-order valence-electron chi connectivity index (χ3n) is 4.39. The Morgan fingerprint density at radius 3 is 2.77 bits per heavy atom. The summed E-state index contributed by atoms with van der Waals surface area (Å²) in [5.74, 6) is 0.655. The Morgan fingerprint density at radius 2 is 2.19 bits per heavy atom. The number of nitrogens with zero attached hydrogens (tertiary/aromatic N) is 5. The molecule has 0 saturated carbocycles. The first-order valence-corrected chi connectivity index (χ1v) is 8.98. The van der Waals surface area contributed by atoms with Crippen molar-refractivity contribution in [3.63, 3.8) is 0 Å². The van der Waals surface area contributed by atoms with Crippen LogP contribution in [0.4, 0.5) is 5.69 Å². The topological polar surface area (TPSA) is 94.9 Å². The van der Waals surface area contributed by atoms with Crippen molar-refractivity contribution in [2.45, 2.75) is 32.7 Å². The van der Waals surface area contributed by atoms with Crippen molar-refractivity contribution in [2.24, 2.45) is 12.0 Å². The highest BCUT2D eigenvalue weighted by Gasteiger charge is 2.27. The summed E-state index contributed by atoms with van der Waals surface area (Å²) in [4.78, 5) is 32.2. The van der Waals surface area contributed by atoms with E-state index in [-0.39, 0.29) is 24.4 Å². The van der Waals surface area contributed by atoms with Gasteiger partial charge in [-0.05, 0) is 13.3 Å². The Kier molecular flexibility index (Phi) is 6.99. The SMILES string of the molecule is CCC(C)NC(=O)CCNC(=NC)N1CCN(c2cnn(C)c2)C(=O)C1. The van der Waals surface area contributed by atoms with E-state index in [0.29, 0.717) is 32.0 Å². The molecule has 9 nitrogen and oxygen atoms in total. The van der Waals surface area contributed by atoms with Crippen LogP contribution in [-0.2, 0) is 16.6 Å². The third-order valence-corrected chi connectivity index (χ3v) is 4.39. The van der Waals surface area contributed by atoms with Gasteiger partial charge in [0.15, 0.2) is 5.96 Å². The first-order chi connectivity index (χ1) is 12.4. The van der Waals surface area contributed by atoms with Crippen LogP contribution in [0.1, 0.15) is 26.7 Å². The second kappa shape index (κ2) is 9.21.